The second-order valence-electron chi connectivity index (χ2n) is 6.40. The Kier molecular flexibility index (Phi) is 4.82. The van der Waals surface area contributed by atoms with Crippen LogP contribution in [0.15, 0.2) is 54.9 Å². The summed E-state index contributed by atoms with van der Waals surface area (Å²) in [5.74, 6) is 1.63. The molecule has 1 atom stereocenters. The number of benzene rings is 1. The zero-order chi connectivity index (χ0) is 17.9. The predicted octanol–water partition coefficient (Wildman–Crippen LogP) is 3.66. The van der Waals surface area contributed by atoms with Crippen LogP contribution >= 0.6 is 11.6 Å². The second kappa shape index (κ2) is 7.40. The first-order valence-corrected chi connectivity index (χ1v) is 9.08. The molecule has 0 bridgehead atoms. The van der Waals surface area contributed by atoms with Gasteiger partial charge in [0, 0.05) is 53.7 Å². The fourth-order valence-electron chi connectivity index (χ4n) is 3.19. The van der Waals surface area contributed by atoms with Crippen LogP contribution in [0.1, 0.15) is 6.42 Å². The summed E-state index contributed by atoms with van der Waals surface area (Å²) >= 11 is 6.04. The normalized spacial score (nSPS) is 16.8. The molecule has 6 heteroatoms. The molecule has 1 N–H and O–H groups in total. The summed E-state index contributed by atoms with van der Waals surface area (Å²) in [6.07, 6.45) is 4.66. The molecule has 0 radical (unpaired) electrons. The number of likely N-dealkylation sites (N-methyl/N-ethyl adjacent to an activating group) is 1. The predicted molar refractivity (Wildman–Crippen MR) is 105 cm³/mol. The lowest BCUT2D eigenvalue weighted by molar-refractivity contribution is 0.616. The maximum absolute atomic E-state index is 6.04. The topological polar surface area (TPSA) is 53.9 Å². The Morgan fingerprint density at radius 2 is 1.96 bits per heavy atom. The van der Waals surface area contributed by atoms with Crippen molar-refractivity contribution in [3.05, 3.63) is 59.9 Å². The maximum atomic E-state index is 6.04. The minimum absolute atomic E-state index is 0.491. The molecule has 1 fully saturated rings. The van der Waals surface area contributed by atoms with E-state index in [2.05, 4.69) is 21.3 Å². The molecular weight excluding hydrogens is 346 g/mol. The van der Waals surface area contributed by atoms with Crippen molar-refractivity contribution in [3.63, 3.8) is 0 Å². The molecule has 2 aromatic heterocycles. The number of halogens is 1. The average molecular weight is 366 g/mol. The fraction of sp³-hybridized carbons (Fsp3) is 0.250. The molecule has 0 aliphatic carbocycles. The highest BCUT2D eigenvalue weighted by atomic mass is 35.5. The van der Waals surface area contributed by atoms with Crippen LogP contribution < -0.4 is 10.2 Å². The maximum Gasteiger partial charge on any atom is 0.163 e. The van der Waals surface area contributed by atoms with E-state index in [1.807, 2.05) is 43.4 Å². The van der Waals surface area contributed by atoms with Gasteiger partial charge >= 0.3 is 0 Å². The smallest absolute Gasteiger partial charge is 0.163 e. The Morgan fingerprint density at radius 1 is 1.12 bits per heavy atom. The number of pyridine rings is 1. The first kappa shape index (κ1) is 16.9. The van der Waals surface area contributed by atoms with Gasteiger partial charge in [0.1, 0.15) is 5.82 Å². The lowest BCUT2D eigenvalue weighted by atomic mass is 10.1. The van der Waals surface area contributed by atoms with Crippen LogP contribution in [0.3, 0.4) is 0 Å². The highest BCUT2D eigenvalue weighted by Crippen LogP contribution is 2.28. The molecule has 26 heavy (non-hydrogen) atoms. The van der Waals surface area contributed by atoms with Gasteiger partial charge < -0.3 is 10.2 Å². The molecule has 3 heterocycles. The van der Waals surface area contributed by atoms with Gasteiger partial charge in [-0.2, -0.15) is 0 Å². The van der Waals surface area contributed by atoms with Crippen LogP contribution in [0.4, 0.5) is 5.82 Å². The van der Waals surface area contributed by atoms with Crippen LogP contribution in [-0.2, 0) is 0 Å². The number of hydrogen-bond donors (Lipinski definition) is 1. The molecule has 1 unspecified atom stereocenters. The van der Waals surface area contributed by atoms with E-state index in [9.17, 15) is 0 Å². The van der Waals surface area contributed by atoms with Crippen LogP contribution in [0.25, 0.3) is 22.6 Å². The summed E-state index contributed by atoms with van der Waals surface area (Å²) in [6, 6.07) is 14.2. The Morgan fingerprint density at radius 3 is 2.65 bits per heavy atom. The van der Waals surface area contributed by atoms with Crippen molar-refractivity contribution in [1.82, 2.24) is 20.3 Å². The van der Waals surface area contributed by atoms with Gasteiger partial charge in [0.05, 0.1) is 5.69 Å². The van der Waals surface area contributed by atoms with Crippen molar-refractivity contribution < 1.29 is 0 Å². The SMILES string of the molecule is CNC1CCN(c2cc(-c3ccc(Cl)cc3)nc(-c3cccnc3)n2)C1. The Labute approximate surface area is 158 Å². The second-order valence-corrected chi connectivity index (χ2v) is 6.84. The summed E-state index contributed by atoms with van der Waals surface area (Å²) in [4.78, 5) is 16.1. The third kappa shape index (κ3) is 3.54. The van der Waals surface area contributed by atoms with Gasteiger partial charge in [-0.25, -0.2) is 9.97 Å². The number of rotatable bonds is 4. The molecule has 132 valence electrons. The molecule has 0 saturated carbocycles. The molecule has 4 rings (SSSR count). The van der Waals surface area contributed by atoms with Gasteiger partial charge in [-0.15, -0.1) is 0 Å². The van der Waals surface area contributed by atoms with Crippen LogP contribution in [0.2, 0.25) is 5.02 Å². The van der Waals surface area contributed by atoms with E-state index in [1.165, 1.54) is 0 Å². The molecule has 1 aliphatic heterocycles. The van der Waals surface area contributed by atoms with E-state index in [0.29, 0.717) is 16.9 Å². The number of anilines is 1. The standard InChI is InChI=1S/C20H20ClN5/c1-22-17-8-10-26(13-17)19-11-18(14-4-6-16(21)7-5-14)24-20(25-19)15-3-2-9-23-12-15/h2-7,9,11-12,17,22H,8,10,13H2,1H3. The fourth-order valence-corrected chi connectivity index (χ4v) is 3.32. The van der Waals surface area contributed by atoms with Crippen molar-refractivity contribution in [2.24, 2.45) is 0 Å². The zero-order valence-electron chi connectivity index (χ0n) is 14.6. The number of aromatic nitrogens is 3. The van der Waals surface area contributed by atoms with Gasteiger partial charge in [0.25, 0.3) is 0 Å². The van der Waals surface area contributed by atoms with Gasteiger partial charge in [0.15, 0.2) is 5.82 Å². The van der Waals surface area contributed by atoms with E-state index < -0.39 is 0 Å². The highest BCUT2D eigenvalue weighted by molar-refractivity contribution is 6.30. The summed E-state index contributed by atoms with van der Waals surface area (Å²) in [6.45, 7) is 1.93. The summed E-state index contributed by atoms with van der Waals surface area (Å²) in [7, 11) is 2.01. The first-order chi connectivity index (χ1) is 12.7. The molecule has 0 amide bonds. The van der Waals surface area contributed by atoms with Gasteiger partial charge in [-0.1, -0.05) is 23.7 Å². The lowest BCUT2D eigenvalue weighted by Gasteiger charge is -2.19. The van der Waals surface area contributed by atoms with Crippen molar-refractivity contribution in [1.29, 1.82) is 0 Å². The molecule has 1 aromatic carbocycles. The quantitative estimate of drug-likeness (QED) is 0.764. The molecule has 3 aromatic rings. The first-order valence-electron chi connectivity index (χ1n) is 8.70. The summed E-state index contributed by atoms with van der Waals surface area (Å²) in [5, 5.41) is 4.07. The Hall–Kier alpha value is -2.50. The lowest BCUT2D eigenvalue weighted by Crippen LogP contribution is -2.30. The van der Waals surface area contributed by atoms with Crippen LogP contribution in [0, 0.1) is 0 Å². The zero-order valence-corrected chi connectivity index (χ0v) is 15.3. The molecular formula is C20H20ClN5. The van der Waals surface area contributed by atoms with E-state index in [1.54, 1.807) is 12.4 Å². The van der Waals surface area contributed by atoms with E-state index >= 15 is 0 Å². The Bertz CT molecular complexity index is 882. The van der Waals surface area contributed by atoms with E-state index in [4.69, 9.17) is 21.6 Å². The minimum Gasteiger partial charge on any atom is -0.355 e. The van der Waals surface area contributed by atoms with Crippen molar-refractivity contribution in [2.45, 2.75) is 12.5 Å². The number of hydrogen-bond acceptors (Lipinski definition) is 5. The van der Waals surface area contributed by atoms with Crippen molar-refractivity contribution in [2.75, 3.05) is 25.0 Å². The van der Waals surface area contributed by atoms with E-state index in [-0.39, 0.29) is 0 Å². The molecule has 5 nitrogen and oxygen atoms in total. The van der Waals surface area contributed by atoms with Gasteiger partial charge in [-0.3, -0.25) is 4.98 Å². The van der Waals surface area contributed by atoms with Gasteiger partial charge in [0.2, 0.25) is 0 Å². The van der Waals surface area contributed by atoms with Crippen LogP contribution in [0.5, 0.6) is 0 Å². The summed E-state index contributed by atoms with van der Waals surface area (Å²) < 4.78 is 0. The summed E-state index contributed by atoms with van der Waals surface area (Å²) in [5.41, 5.74) is 2.82. The third-order valence-corrected chi connectivity index (χ3v) is 4.94. The van der Waals surface area contributed by atoms with Gasteiger partial charge in [-0.05, 0) is 37.7 Å². The monoisotopic (exact) mass is 365 g/mol. The third-order valence-electron chi connectivity index (χ3n) is 4.69. The molecule has 1 aliphatic rings. The molecule has 0 spiro atoms. The highest BCUT2D eigenvalue weighted by Gasteiger charge is 2.23. The van der Waals surface area contributed by atoms with E-state index in [0.717, 1.165) is 42.1 Å². The number of nitrogens with one attached hydrogen (secondary N) is 1. The number of nitrogens with zero attached hydrogens (tertiary/aromatic N) is 4. The Balaban J connectivity index is 1.78. The van der Waals surface area contributed by atoms with Crippen LogP contribution in [-0.4, -0.2) is 41.1 Å². The largest absolute Gasteiger partial charge is 0.355 e. The van der Waals surface area contributed by atoms with Crippen molar-refractivity contribution in [3.8, 4) is 22.6 Å². The average Bonchev–Trinajstić information content (AvgIpc) is 3.18. The molecule has 1 saturated heterocycles. The van der Waals surface area contributed by atoms with Crippen molar-refractivity contribution >= 4 is 17.4 Å². The minimum atomic E-state index is 0.491.